The van der Waals surface area contributed by atoms with Gasteiger partial charge in [-0.25, -0.2) is 0 Å². The van der Waals surface area contributed by atoms with Gasteiger partial charge in [0.1, 0.15) is 0 Å². The summed E-state index contributed by atoms with van der Waals surface area (Å²) >= 11 is 0. The fraction of sp³-hybridized carbons (Fsp3) is 0.524. The van der Waals surface area contributed by atoms with E-state index in [2.05, 4.69) is 52.3 Å². The lowest BCUT2D eigenvalue weighted by molar-refractivity contribution is -0.140. The van der Waals surface area contributed by atoms with Gasteiger partial charge in [0.05, 0.1) is 12.1 Å². The van der Waals surface area contributed by atoms with E-state index in [1.807, 2.05) is 16.9 Å². The van der Waals surface area contributed by atoms with E-state index >= 15 is 0 Å². The van der Waals surface area contributed by atoms with Crippen LogP contribution in [0, 0.1) is 12.8 Å². The van der Waals surface area contributed by atoms with Crippen LogP contribution < -0.4 is 0 Å². The van der Waals surface area contributed by atoms with Gasteiger partial charge in [0, 0.05) is 45.0 Å². The van der Waals surface area contributed by atoms with Crippen LogP contribution in [0.25, 0.3) is 0 Å². The number of rotatable bonds is 6. The van der Waals surface area contributed by atoms with Crippen molar-refractivity contribution in [1.82, 2.24) is 19.6 Å². The number of carbonyl (C=O) groups excluding carboxylic acids is 1. The van der Waals surface area contributed by atoms with Crippen LogP contribution in [0.5, 0.6) is 0 Å². The van der Waals surface area contributed by atoms with Crippen LogP contribution >= 0.6 is 0 Å². The SMILES string of the molecule is Cc1cnn(CCCN2C[C@@H]3CC[C@H](C2)N(Cc2ccccc2)C3=O)c1. The molecule has 26 heavy (non-hydrogen) atoms. The molecule has 1 aromatic carbocycles. The molecule has 2 aromatic rings. The Kier molecular flexibility index (Phi) is 5.07. The summed E-state index contributed by atoms with van der Waals surface area (Å²) in [5.74, 6) is 0.528. The predicted octanol–water partition coefficient (Wildman–Crippen LogP) is 2.70. The van der Waals surface area contributed by atoms with E-state index in [9.17, 15) is 4.79 Å². The predicted molar refractivity (Wildman–Crippen MR) is 102 cm³/mol. The van der Waals surface area contributed by atoms with Gasteiger partial charge < -0.3 is 9.80 Å². The molecule has 0 radical (unpaired) electrons. The van der Waals surface area contributed by atoms with Crippen LogP contribution in [0.15, 0.2) is 42.7 Å². The van der Waals surface area contributed by atoms with Crippen molar-refractivity contribution in [1.29, 1.82) is 0 Å². The van der Waals surface area contributed by atoms with Crippen molar-refractivity contribution < 1.29 is 4.79 Å². The summed E-state index contributed by atoms with van der Waals surface area (Å²) in [5, 5.41) is 4.37. The standard InChI is InChI=1S/C21H28N4O/c1-17-12-22-24(13-17)11-5-10-23-15-19-8-9-20(16-23)25(21(19)26)14-18-6-3-2-4-7-18/h2-4,6-7,12-13,19-20H,5,8-11,14-16H2,1H3/t19-,20+/m0/s1. The molecule has 5 nitrogen and oxygen atoms in total. The molecular formula is C21H28N4O. The van der Waals surface area contributed by atoms with E-state index in [1.165, 1.54) is 11.1 Å². The Morgan fingerprint density at radius 3 is 2.73 bits per heavy atom. The molecule has 4 heterocycles. The second-order valence-electron chi connectivity index (χ2n) is 7.77. The second-order valence-corrected chi connectivity index (χ2v) is 7.77. The lowest BCUT2D eigenvalue weighted by Crippen LogP contribution is -2.47. The summed E-state index contributed by atoms with van der Waals surface area (Å²) in [5.41, 5.74) is 2.44. The largest absolute Gasteiger partial charge is 0.334 e. The number of aromatic nitrogens is 2. The molecule has 3 aliphatic rings. The number of benzene rings is 1. The molecule has 0 spiro atoms. The van der Waals surface area contributed by atoms with Gasteiger partial charge in [-0.2, -0.15) is 5.10 Å². The summed E-state index contributed by atoms with van der Waals surface area (Å²) < 4.78 is 2.02. The zero-order valence-electron chi connectivity index (χ0n) is 15.6. The molecule has 0 unspecified atom stereocenters. The third-order valence-electron chi connectivity index (χ3n) is 5.69. The first-order valence-electron chi connectivity index (χ1n) is 9.75. The van der Waals surface area contributed by atoms with Crippen LogP contribution in [0.1, 0.15) is 30.4 Å². The maximum absolute atomic E-state index is 12.9. The summed E-state index contributed by atoms with van der Waals surface area (Å²) in [6.07, 6.45) is 7.26. The fourth-order valence-corrected chi connectivity index (χ4v) is 4.35. The fourth-order valence-electron chi connectivity index (χ4n) is 4.35. The molecule has 3 saturated heterocycles. The van der Waals surface area contributed by atoms with Gasteiger partial charge in [-0.05, 0) is 37.3 Å². The lowest BCUT2D eigenvalue weighted by Gasteiger charge is -2.36. The van der Waals surface area contributed by atoms with E-state index in [0.29, 0.717) is 11.9 Å². The molecule has 3 fully saturated rings. The molecule has 2 bridgehead atoms. The Labute approximate surface area is 155 Å². The molecule has 0 aliphatic carbocycles. The summed E-state index contributed by atoms with van der Waals surface area (Å²) in [6, 6.07) is 10.7. The molecule has 0 saturated carbocycles. The zero-order valence-corrected chi connectivity index (χ0v) is 15.6. The number of hydrogen-bond donors (Lipinski definition) is 0. The van der Waals surface area contributed by atoms with Crippen molar-refractivity contribution in [2.75, 3.05) is 19.6 Å². The van der Waals surface area contributed by atoms with E-state index in [0.717, 1.165) is 52.0 Å². The molecule has 5 rings (SSSR count). The summed E-state index contributed by atoms with van der Waals surface area (Å²) in [6.45, 7) is 6.73. The first-order chi connectivity index (χ1) is 12.7. The molecule has 0 N–H and O–H groups in total. The summed E-state index contributed by atoms with van der Waals surface area (Å²) in [7, 11) is 0. The van der Waals surface area contributed by atoms with Crippen LogP contribution in [-0.2, 0) is 17.9 Å². The van der Waals surface area contributed by atoms with E-state index in [4.69, 9.17) is 0 Å². The second kappa shape index (κ2) is 7.62. The van der Waals surface area contributed by atoms with Gasteiger partial charge in [0.15, 0.2) is 0 Å². The number of carbonyl (C=O) groups is 1. The number of nitrogens with zero attached hydrogens (tertiary/aromatic N) is 4. The van der Waals surface area contributed by atoms with Crippen LogP contribution in [0.3, 0.4) is 0 Å². The van der Waals surface area contributed by atoms with Crippen LogP contribution in [-0.4, -0.2) is 51.2 Å². The maximum atomic E-state index is 12.9. The number of aryl methyl sites for hydroxylation is 2. The quantitative estimate of drug-likeness (QED) is 0.803. The third-order valence-corrected chi connectivity index (χ3v) is 5.69. The number of amides is 1. The number of piperidine rings is 1. The van der Waals surface area contributed by atoms with Crippen molar-refractivity contribution in [3.63, 3.8) is 0 Å². The van der Waals surface area contributed by atoms with E-state index in [1.54, 1.807) is 0 Å². The van der Waals surface area contributed by atoms with Gasteiger partial charge >= 0.3 is 0 Å². The zero-order chi connectivity index (χ0) is 17.9. The smallest absolute Gasteiger partial charge is 0.227 e. The molecule has 2 atom stereocenters. The molecular weight excluding hydrogens is 324 g/mol. The molecule has 138 valence electrons. The van der Waals surface area contributed by atoms with Crippen molar-refractivity contribution in [3.8, 4) is 0 Å². The molecule has 1 aromatic heterocycles. The topological polar surface area (TPSA) is 41.4 Å². The highest BCUT2D eigenvalue weighted by Crippen LogP contribution is 2.30. The molecule has 1 amide bonds. The van der Waals surface area contributed by atoms with Crippen molar-refractivity contribution in [3.05, 3.63) is 53.9 Å². The Balaban J connectivity index is 1.36. The monoisotopic (exact) mass is 352 g/mol. The van der Waals surface area contributed by atoms with Gasteiger partial charge in [-0.1, -0.05) is 30.3 Å². The summed E-state index contributed by atoms with van der Waals surface area (Å²) in [4.78, 5) is 17.6. The van der Waals surface area contributed by atoms with Gasteiger partial charge in [0.2, 0.25) is 5.91 Å². The first kappa shape index (κ1) is 17.3. The van der Waals surface area contributed by atoms with Crippen LogP contribution in [0.4, 0.5) is 0 Å². The Morgan fingerprint density at radius 1 is 1.12 bits per heavy atom. The highest BCUT2D eigenvalue weighted by atomic mass is 16.2. The highest BCUT2D eigenvalue weighted by molar-refractivity contribution is 5.80. The van der Waals surface area contributed by atoms with Crippen molar-refractivity contribution in [2.45, 2.75) is 45.3 Å². The van der Waals surface area contributed by atoms with Crippen molar-refractivity contribution in [2.24, 2.45) is 5.92 Å². The molecule has 3 aliphatic heterocycles. The maximum Gasteiger partial charge on any atom is 0.227 e. The van der Waals surface area contributed by atoms with Crippen molar-refractivity contribution >= 4 is 5.91 Å². The first-order valence-corrected chi connectivity index (χ1v) is 9.75. The number of fused-ring (bicyclic) bond motifs is 4. The lowest BCUT2D eigenvalue weighted by atomic mass is 9.93. The normalized spacial score (nSPS) is 23.4. The highest BCUT2D eigenvalue weighted by Gasteiger charge is 2.40. The number of hydrogen-bond acceptors (Lipinski definition) is 3. The minimum absolute atomic E-state index is 0.171. The Hall–Kier alpha value is -2.14. The van der Waals surface area contributed by atoms with Gasteiger partial charge in [-0.15, -0.1) is 0 Å². The molecule has 5 heteroatoms. The minimum Gasteiger partial charge on any atom is -0.334 e. The Bertz CT molecular complexity index is 741. The van der Waals surface area contributed by atoms with E-state index < -0.39 is 0 Å². The third kappa shape index (κ3) is 3.83. The average molecular weight is 352 g/mol. The van der Waals surface area contributed by atoms with Crippen LogP contribution in [0.2, 0.25) is 0 Å². The minimum atomic E-state index is 0.171. The van der Waals surface area contributed by atoms with Gasteiger partial charge in [0.25, 0.3) is 0 Å². The Morgan fingerprint density at radius 2 is 1.96 bits per heavy atom. The average Bonchev–Trinajstić information content (AvgIpc) is 2.88. The van der Waals surface area contributed by atoms with E-state index in [-0.39, 0.29) is 5.92 Å². The van der Waals surface area contributed by atoms with Gasteiger partial charge in [-0.3, -0.25) is 9.48 Å².